The van der Waals surface area contributed by atoms with Crippen LogP contribution in [0.3, 0.4) is 0 Å². The fourth-order valence-electron chi connectivity index (χ4n) is 2.91. The third-order valence-electron chi connectivity index (χ3n) is 4.02. The van der Waals surface area contributed by atoms with Crippen LogP contribution in [0.5, 0.6) is 0 Å². The van der Waals surface area contributed by atoms with Gasteiger partial charge >= 0.3 is 0 Å². The predicted molar refractivity (Wildman–Crippen MR) is 83.9 cm³/mol. The highest BCUT2D eigenvalue weighted by Gasteiger charge is 2.31. The molecule has 0 aliphatic carbocycles. The van der Waals surface area contributed by atoms with Crippen molar-refractivity contribution in [2.45, 2.75) is 12.7 Å². The van der Waals surface area contributed by atoms with Gasteiger partial charge in [-0.05, 0) is 17.7 Å². The zero-order chi connectivity index (χ0) is 15.8. The average Bonchev–Trinajstić information content (AvgIpc) is 3.17. The number of non-ortho nitro benzene ring substituents is 1. The Bertz CT molecular complexity index is 852. The van der Waals surface area contributed by atoms with Crippen molar-refractivity contribution < 1.29 is 14.1 Å². The Balaban J connectivity index is 1.76. The molecule has 0 spiro atoms. The third kappa shape index (κ3) is 2.31. The van der Waals surface area contributed by atoms with Crippen molar-refractivity contribution in [2.75, 3.05) is 0 Å². The van der Waals surface area contributed by atoms with Crippen LogP contribution in [0.4, 0.5) is 5.69 Å². The fourth-order valence-corrected chi connectivity index (χ4v) is 2.91. The van der Waals surface area contributed by atoms with Crippen molar-refractivity contribution in [3.05, 3.63) is 87.7 Å². The lowest BCUT2D eigenvalue weighted by molar-refractivity contribution is -0.384. The molecule has 4 rings (SSSR count). The molecule has 1 unspecified atom stereocenters. The van der Waals surface area contributed by atoms with E-state index in [0.717, 1.165) is 22.3 Å². The molecule has 114 valence electrons. The van der Waals surface area contributed by atoms with Crippen molar-refractivity contribution in [1.82, 2.24) is 0 Å². The Morgan fingerprint density at radius 3 is 2.48 bits per heavy atom. The summed E-state index contributed by atoms with van der Waals surface area (Å²) in [6, 6.07) is 16.3. The monoisotopic (exact) mass is 307 g/mol. The van der Waals surface area contributed by atoms with Crippen LogP contribution in [0.15, 0.2) is 65.3 Å². The first-order valence-electron chi connectivity index (χ1n) is 7.25. The molecule has 1 aromatic heterocycles. The number of nitro benzene ring substituents is 1. The Kier molecular flexibility index (Phi) is 3.20. The second kappa shape index (κ2) is 5.37. The lowest BCUT2D eigenvalue weighted by Gasteiger charge is -2.12. The summed E-state index contributed by atoms with van der Waals surface area (Å²) >= 11 is 0. The lowest BCUT2D eigenvalue weighted by Crippen LogP contribution is -1.99. The topological polar surface area (TPSA) is 65.5 Å². The van der Waals surface area contributed by atoms with E-state index in [9.17, 15) is 10.1 Å². The number of benzene rings is 2. The highest BCUT2D eigenvalue weighted by atomic mass is 16.6. The van der Waals surface area contributed by atoms with Crippen LogP contribution in [0.25, 0.3) is 11.3 Å². The number of nitrogens with zero attached hydrogens (tertiary/aromatic N) is 1. The molecule has 0 amide bonds. The van der Waals surface area contributed by atoms with Crippen LogP contribution in [0, 0.1) is 10.1 Å². The maximum Gasteiger partial charge on any atom is 0.269 e. The zero-order valence-electron chi connectivity index (χ0n) is 12.1. The van der Waals surface area contributed by atoms with Gasteiger partial charge < -0.3 is 9.15 Å². The summed E-state index contributed by atoms with van der Waals surface area (Å²) in [5.74, 6) is 0.709. The van der Waals surface area contributed by atoms with Crippen LogP contribution >= 0.6 is 0 Å². The van der Waals surface area contributed by atoms with Gasteiger partial charge in [0.2, 0.25) is 0 Å². The van der Waals surface area contributed by atoms with E-state index in [2.05, 4.69) is 0 Å². The summed E-state index contributed by atoms with van der Waals surface area (Å²) in [6.45, 7) is 0.505. The minimum atomic E-state index is -0.410. The van der Waals surface area contributed by atoms with E-state index in [4.69, 9.17) is 9.15 Å². The summed E-state index contributed by atoms with van der Waals surface area (Å²) in [7, 11) is 0. The molecule has 23 heavy (non-hydrogen) atoms. The van der Waals surface area contributed by atoms with E-state index in [1.807, 2.05) is 30.3 Å². The first kappa shape index (κ1) is 13.7. The number of fused-ring (bicyclic) bond motifs is 1. The quantitative estimate of drug-likeness (QED) is 0.529. The van der Waals surface area contributed by atoms with E-state index < -0.39 is 4.92 Å². The zero-order valence-corrected chi connectivity index (χ0v) is 12.1. The van der Waals surface area contributed by atoms with Gasteiger partial charge in [-0.1, -0.05) is 30.3 Å². The smallest absolute Gasteiger partial charge is 0.269 e. The van der Waals surface area contributed by atoms with Gasteiger partial charge in [0.15, 0.2) is 0 Å². The first-order valence-corrected chi connectivity index (χ1v) is 7.25. The summed E-state index contributed by atoms with van der Waals surface area (Å²) in [6.07, 6.45) is 1.53. The second-order valence-electron chi connectivity index (χ2n) is 5.41. The van der Waals surface area contributed by atoms with Crippen LogP contribution in [-0.2, 0) is 11.3 Å². The van der Waals surface area contributed by atoms with E-state index in [1.165, 1.54) is 12.1 Å². The molecule has 0 fully saturated rings. The summed E-state index contributed by atoms with van der Waals surface area (Å²) in [4.78, 5) is 10.4. The number of nitro groups is 1. The summed E-state index contributed by atoms with van der Waals surface area (Å²) < 4.78 is 11.6. The Morgan fingerprint density at radius 1 is 1.04 bits per heavy atom. The first-order chi connectivity index (χ1) is 11.2. The van der Waals surface area contributed by atoms with Gasteiger partial charge in [0.1, 0.15) is 11.9 Å². The molecule has 0 N–H and O–H groups in total. The molecule has 0 saturated carbocycles. The molecule has 2 aromatic carbocycles. The van der Waals surface area contributed by atoms with Gasteiger partial charge in [-0.3, -0.25) is 10.1 Å². The molecule has 1 aliphatic heterocycles. The second-order valence-corrected chi connectivity index (χ2v) is 5.41. The SMILES string of the molecule is O=[N+]([O-])c1ccc(-c2occ3c2C(c2ccccc2)OC3)cc1. The van der Waals surface area contributed by atoms with Crippen molar-refractivity contribution in [3.8, 4) is 11.3 Å². The van der Waals surface area contributed by atoms with E-state index in [1.54, 1.807) is 18.4 Å². The maximum absolute atomic E-state index is 10.8. The number of hydrogen-bond donors (Lipinski definition) is 0. The Labute approximate surface area is 132 Å². The molecule has 1 aliphatic rings. The largest absolute Gasteiger partial charge is 0.464 e. The van der Waals surface area contributed by atoms with Crippen LogP contribution in [0.2, 0.25) is 0 Å². The Hall–Kier alpha value is -2.92. The standard InChI is InChI=1S/C18H13NO4/c20-19(21)15-8-6-13(7-9-15)18-16-14(11-23-18)10-22-17(16)12-4-2-1-3-5-12/h1-9,11,17H,10H2. The van der Waals surface area contributed by atoms with Crippen LogP contribution in [0.1, 0.15) is 22.8 Å². The number of furan rings is 1. The highest BCUT2D eigenvalue weighted by Crippen LogP contribution is 2.43. The predicted octanol–water partition coefficient (Wildman–Crippen LogP) is 4.47. The van der Waals surface area contributed by atoms with Gasteiger partial charge in [0.25, 0.3) is 5.69 Å². The van der Waals surface area contributed by atoms with Crippen molar-refractivity contribution in [1.29, 1.82) is 0 Å². The number of ether oxygens (including phenoxy) is 1. The minimum absolute atomic E-state index is 0.0628. The van der Waals surface area contributed by atoms with Gasteiger partial charge in [0, 0.05) is 28.8 Å². The molecule has 0 bridgehead atoms. The molecule has 0 radical (unpaired) electrons. The average molecular weight is 307 g/mol. The van der Waals surface area contributed by atoms with E-state index >= 15 is 0 Å². The minimum Gasteiger partial charge on any atom is -0.464 e. The molecular formula is C18H13NO4. The summed E-state index contributed by atoms with van der Waals surface area (Å²) in [5, 5.41) is 10.8. The number of hydrogen-bond acceptors (Lipinski definition) is 4. The van der Waals surface area contributed by atoms with Gasteiger partial charge in [-0.25, -0.2) is 0 Å². The van der Waals surface area contributed by atoms with Crippen molar-refractivity contribution in [2.24, 2.45) is 0 Å². The Morgan fingerprint density at radius 2 is 1.78 bits per heavy atom. The van der Waals surface area contributed by atoms with E-state index in [-0.39, 0.29) is 11.8 Å². The molecule has 3 aromatic rings. The molecular weight excluding hydrogens is 294 g/mol. The van der Waals surface area contributed by atoms with Gasteiger partial charge in [0.05, 0.1) is 17.8 Å². The molecule has 2 heterocycles. The maximum atomic E-state index is 10.8. The molecule has 5 nitrogen and oxygen atoms in total. The van der Waals surface area contributed by atoms with E-state index in [0.29, 0.717) is 12.4 Å². The van der Waals surface area contributed by atoms with Crippen molar-refractivity contribution >= 4 is 5.69 Å². The number of rotatable bonds is 3. The van der Waals surface area contributed by atoms with Crippen LogP contribution in [-0.4, -0.2) is 4.92 Å². The van der Waals surface area contributed by atoms with Gasteiger partial charge in [-0.15, -0.1) is 0 Å². The fraction of sp³-hybridized carbons (Fsp3) is 0.111. The van der Waals surface area contributed by atoms with Gasteiger partial charge in [-0.2, -0.15) is 0 Å². The lowest BCUT2D eigenvalue weighted by atomic mass is 9.97. The normalized spacial score (nSPS) is 16.3. The third-order valence-corrected chi connectivity index (χ3v) is 4.02. The van der Waals surface area contributed by atoms with Crippen molar-refractivity contribution in [3.63, 3.8) is 0 Å². The molecule has 5 heteroatoms. The molecule has 0 saturated heterocycles. The highest BCUT2D eigenvalue weighted by molar-refractivity contribution is 5.66. The summed E-state index contributed by atoms with van der Waals surface area (Å²) in [5.41, 5.74) is 3.96. The molecule has 1 atom stereocenters. The van der Waals surface area contributed by atoms with Crippen LogP contribution < -0.4 is 0 Å².